The Labute approximate surface area is 585 Å². The van der Waals surface area contributed by atoms with Crippen LogP contribution in [0, 0.1) is 47.4 Å². The third-order valence-electron chi connectivity index (χ3n) is 18.1. The van der Waals surface area contributed by atoms with Crippen LogP contribution in [0.25, 0.3) is 0 Å². The number of amides is 4. The minimum atomic E-state index is -0.349. The van der Waals surface area contributed by atoms with Gasteiger partial charge in [-0.2, -0.15) is 0 Å². The van der Waals surface area contributed by atoms with Gasteiger partial charge in [-0.3, -0.25) is 19.2 Å². The highest BCUT2D eigenvalue weighted by Crippen LogP contribution is 2.35. The normalized spacial score (nSPS) is 13.6. The maximum Gasteiger partial charge on any atom is 0.258 e. The topological polar surface area (TPSA) is 81.2 Å². The standard InChI is InChI=1S/C92H68N4O4/c1-65(77-17-9-5-10-18-77)93-85-57-41-73(42-58-85)37-33-69-25-27-70(28-26-69)34-38-75-45-61-87(62-46-75)95(67(3)79-21-13-7-14-22-79)91(99)83-53-55-84(56-54-83)92(100)96(68(4)80-23-15-8-16-24-80)88-63-47-76(48-64-88)40-36-72-31-29-71(30-32-72)35-39-74-43-59-86(60-44-74)94(66(2)78-19-11-6-12-20-78)90(98)82-51-49-81(50-52-82)89(93)97/h5-32,41-68H,1-4H3/t65-,66-,67-,68-/m1/s1. The second kappa shape index (κ2) is 30.2. The van der Waals surface area contributed by atoms with Gasteiger partial charge in [-0.15, -0.1) is 0 Å². The molecule has 8 nitrogen and oxygen atoms in total. The molecule has 8 heteroatoms. The second-order valence-electron chi connectivity index (χ2n) is 24.5. The molecule has 0 aliphatic carbocycles. The molecule has 12 aromatic carbocycles. The van der Waals surface area contributed by atoms with Crippen LogP contribution in [0.5, 0.6) is 0 Å². The van der Waals surface area contributed by atoms with Crippen molar-refractivity contribution in [3.63, 3.8) is 0 Å². The molecule has 0 fully saturated rings. The quantitative estimate of drug-likeness (QED) is 0.142. The van der Waals surface area contributed by atoms with Crippen molar-refractivity contribution in [3.05, 3.63) is 404 Å². The highest BCUT2D eigenvalue weighted by Gasteiger charge is 2.30. The smallest absolute Gasteiger partial charge is 0.258 e. The number of nitrogens with zero attached hydrogens (tertiary/aromatic N) is 4. The van der Waals surface area contributed by atoms with Gasteiger partial charge in [0.25, 0.3) is 23.6 Å². The lowest BCUT2D eigenvalue weighted by molar-refractivity contribution is 0.0966. The van der Waals surface area contributed by atoms with Gasteiger partial charge in [0.1, 0.15) is 0 Å². The Balaban J connectivity index is 0.831. The highest BCUT2D eigenvalue weighted by molar-refractivity contribution is 6.11. The van der Waals surface area contributed by atoms with Gasteiger partial charge in [0.2, 0.25) is 0 Å². The average Bonchev–Trinajstić information content (AvgIpc) is 0.763. The number of rotatable bonds is 8. The van der Waals surface area contributed by atoms with Crippen LogP contribution in [0.15, 0.2) is 315 Å². The van der Waals surface area contributed by atoms with Gasteiger partial charge in [-0.25, -0.2) is 0 Å². The van der Waals surface area contributed by atoms with E-state index >= 15 is 0 Å². The van der Waals surface area contributed by atoms with Gasteiger partial charge in [-0.05, 0) is 244 Å². The fourth-order valence-electron chi connectivity index (χ4n) is 12.3. The fourth-order valence-corrected chi connectivity index (χ4v) is 12.3. The lowest BCUT2D eigenvalue weighted by atomic mass is 10.0. The summed E-state index contributed by atoms with van der Waals surface area (Å²) in [5, 5.41) is 0. The molecule has 0 radical (unpaired) electrons. The SMILES string of the molecule is C[C@H](c1ccccc1)N1C(=O)c2ccc(cc2)C(=O)N([C@H](C)c2ccccc2)c2ccc(cc2)C#Cc2ccc(cc2)C#Cc2ccc(cc2)N([C@H](C)c2ccccc2)C(=O)c2ccc(cc2)C(=O)N([C@H](C)c2ccccc2)c2ccc(cc2)C#Cc2ccc(cc2)C#Cc2ccc1cc2. The zero-order valence-electron chi connectivity index (χ0n) is 55.8. The zero-order valence-corrected chi connectivity index (χ0v) is 55.8. The Morgan fingerprint density at radius 2 is 0.330 bits per heavy atom. The summed E-state index contributed by atoms with van der Waals surface area (Å²) in [5.41, 5.74) is 14.6. The van der Waals surface area contributed by atoms with E-state index in [9.17, 15) is 19.2 Å². The minimum absolute atomic E-state index is 0.224. The van der Waals surface area contributed by atoms with Crippen LogP contribution in [-0.4, -0.2) is 23.6 Å². The first-order valence-electron chi connectivity index (χ1n) is 33.3. The van der Waals surface area contributed by atoms with Gasteiger partial charge >= 0.3 is 0 Å². The maximum atomic E-state index is 14.9. The lowest BCUT2D eigenvalue weighted by Gasteiger charge is -2.31. The predicted octanol–water partition coefficient (Wildman–Crippen LogP) is 19.2. The summed E-state index contributed by atoms with van der Waals surface area (Å²) in [4.78, 5) is 66.8. The van der Waals surface area contributed by atoms with Gasteiger partial charge < -0.3 is 19.6 Å². The highest BCUT2D eigenvalue weighted by atomic mass is 16.2. The summed E-state index contributed by atoms with van der Waals surface area (Å²) < 4.78 is 0. The third kappa shape index (κ3) is 15.1. The number of carbonyl (C=O) groups excluding carboxylic acids is 4. The van der Waals surface area contributed by atoms with E-state index in [1.54, 1.807) is 68.1 Å². The summed E-state index contributed by atoms with van der Waals surface area (Å²) in [6, 6.07) is 98.4. The van der Waals surface area contributed by atoms with Crippen molar-refractivity contribution < 1.29 is 19.2 Å². The number of benzene rings is 12. The Bertz CT molecular complexity index is 4510. The first kappa shape index (κ1) is 65.4. The van der Waals surface area contributed by atoms with Crippen molar-refractivity contribution in [2.75, 3.05) is 19.6 Å². The van der Waals surface area contributed by atoms with Crippen molar-refractivity contribution >= 4 is 46.4 Å². The molecule has 0 aromatic heterocycles. The molecule has 25 rings (SSSR count). The van der Waals surface area contributed by atoms with Gasteiger partial charge in [-0.1, -0.05) is 169 Å². The number of anilines is 4. The molecular formula is C92H68N4O4. The molecule has 0 saturated heterocycles. The van der Waals surface area contributed by atoms with E-state index in [0.717, 1.165) is 66.8 Å². The monoisotopic (exact) mass is 1290 g/mol. The van der Waals surface area contributed by atoms with Crippen molar-refractivity contribution in [1.29, 1.82) is 0 Å². The van der Waals surface area contributed by atoms with Crippen LogP contribution < -0.4 is 19.6 Å². The van der Waals surface area contributed by atoms with E-state index < -0.39 is 0 Å². The van der Waals surface area contributed by atoms with Gasteiger partial charge in [0, 0.05) is 89.5 Å². The third-order valence-corrected chi connectivity index (χ3v) is 18.1. The lowest BCUT2D eigenvalue weighted by Crippen LogP contribution is -2.34. The molecule has 12 aromatic rings. The molecular weight excluding hydrogens is 1230 g/mol. The molecule has 4 atom stereocenters. The molecule has 13 aliphatic heterocycles. The number of hydrogen-bond donors (Lipinski definition) is 0. The molecule has 13 heterocycles. The molecule has 0 spiro atoms. The second-order valence-corrected chi connectivity index (χ2v) is 24.5. The molecule has 100 heavy (non-hydrogen) atoms. The Kier molecular flexibility index (Phi) is 19.8. The Hall–Kier alpha value is -13.2. The van der Waals surface area contributed by atoms with Gasteiger partial charge in [0.05, 0.1) is 24.2 Å². The Morgan fingerprint density at radius 3 is 0.480 bits per heavy atom. The molecule has 480 valence electrons. The van der Waals surface area contributed by atoms with Crippen molar-refractivity contribution in [2.45, 2.75) is 51.9 Å². The van der Waals surface area contributed by atoms with E-state index in [0.29, 0.717) is 45.0 Å². The van der Waals surface area contributed by atoms with Crippen LogP contribution in [-0.2, 0) is 0 Å². The fraction of sp³-hybridized carbons (Fsp3) is 0.0870. The van der Waals surface area contributed by atoms with E-state index in [1.165, 1.54) is 0 Å². The number of hydrogen-bond acceptors (Lipinski definition) is 4. The molecule has 16 bridgehead atoms. The van der Waals surface area contributed by atoms with Crippen molar-refractivity contribution in [3.8, 4) is 47.4 Å². The predicted molar refractivity (Wildman–Crippen MR) is 402 cm³/mol. The summed E-state index contributed by atoms with van der Waals surface area (Å²) in [6.45, 7) is 8.05. The summed E-state index contributed by atoms with van der Waals surface area (Å²) in [6.07, 6.45) is 0. The number of carbonyl (C=O) groups is 4. The Morgan fingerprint density at radius 1 is 0.190 bits per heavy atom. The van der Waals surface area contributed by atoms with Crippen LogP contribution in [0.2, 0.25) is 0 Å². The largest absolute Gasteiger partial charge is 0.301 e. The molecule has 13 aliphatic rings. The van der Waals surface area contributed by atoms with E-state index in [-0.39, 0.29) is 47.8 Å². The summed E-state index contributed by atoms with van der Waals surface area (Å²) in [7, 11) is 0. The maximum absolute atomic E-state index is 14.9. The first-order chi connectivity index (χ1) is 48.9. The van der Waals surface area contributed by atoms with Gasteiger partial charge in [0.15, 0.2) is 0 Å². The zero-order chi connectivity index (χ0) is 68.9. The van der Waals surface area contributed by atoms with Crippen molar-refractivity contribution in [1.82, 2.24) is 0 Å². The molecule has 0 N–H and O–H groups in total. The van der Waals surface area contributed by atoms with E-state index in [1.807, 2.05) is 295 Å². The average molecular weight is 1290 g/mol. The van der Waals surface area contributed by atoms with Crippen LogP contribution in [0.1, 0.15) is 160 Å². The summed E-state index contributed by atoms with van der Waals surface area (Å²) in [5.74, 6) is 25.5. The molecule has 0 unspecified atom stereocenters. The van der Waals surface area contributed by atoms with Crippen molar-refractivity contribution in [2.24, 2.45) is 0 Å². The van der Waals surface area contributed by atoms with E-state index in [4.69, 9.17) is 0 Å². The summed E-state index contributed by atoms with van der Waals surface area (Å²) >= 11 is 0. The molecule has 4 amide bonds. The first-order valence-corrected chi connectivity index (χ1v) is 33.3. The van der Waals surface area contributed by atoms with Crippen LogP contribution >= 0.6 is 0 Å². The van der Waals surface area contributed by atoms with E-state index in [2.05, 4.69) is 47.4 Å². The molecule has 0 saturated carbocycles. The van der Waals surface area contributed by atoms with Crippen LogP contribution in [0.3, 0.4) is 0 Å². The minimum Gasteiger partial charge on any atom is -0.301 e. The van der Waals surface area contributed by atoms with Crippen LogP contribution in [0.4, 0.5) is 22.7 Å².